The minimum atomic E-state index is 0.483. The maximum absolute atomic E-state index is 10.3. The Hall–Kier alpha value is -2.08. The summed E-state index contributed by atoms with van der Waals surface area (Å²) < 4.78 is 3.26. The predicted octanol–water partition coefficient (Wildman–Crippen LogP) is 1.19. The van der Waals surface area contributed by atoms with Crippen LogP contribution in [0.15, 0.2) is 20.8 Å². The second-order valence-electron chi connectivity index (χ2n) is 4.05. The maximum atomic E-state index is 10.3. The molecule has 0 saturated heterocycles. The van der Waals surface area contributed by atoms with Gasteiger partial charge in [0, 0.05) is 25.9 Å². The first-order valence-electron chi connectivity index (χ1n) is 6.58. The summed E-state index contributed by atoms with van der Waals surface area (Å²) in [5.41, 5.74) is 0. The highest BCUT2D eigenvalue weighted by Crippen LogP contribution is 2.08. The zero-order valence-corrected chi connectivity index (χ0v) is 13.7. The van der Waals surface area contributed by atoms with Crippen molar-refractivity contribution >= 4 is 22.7 Å². The second-order valence-corrected chi connectivity index (χ2v) is 6.13. The Kier molecular flexibility index (Phi) is 5.77. The van der Waals surface area contributed by atoms with E-state index in [1.54, 1.807) is 9.36 Å². The lowest BCUT2D eigenvalue weighted by Crippen LogP contribution is -2.14. The van der Waals surface area contributed by atoms with E-state index in [1.165, 1.54) is 22.7 Å². The van der Waals surface area contributed by atoms with Gasteiger partial charge in [-0.25, -0.2) is 9.36 Å². The summed E-state index contributed by atoms with van der Waals surface area (Å²) >= 11 is 2.65. The van der Waals surface area contributed by atoms with Gasteiger partial charge in [0.1, 0.15) is 10.0 Å². The van der Waals surface area contributed by atoms with Crippen molar-refractivity contribution in [2.45, 2.75) is 39.8 Å². The zero-order valence-electron chi connectivity index (χ0n) is 12.0. The summed E-state index contributed by atoms with van der Waals surface area (Å²) in [7, 11) is 0. The highest BCUT2D eigenvalue weighted by atomic mass is 32.1. The largest absolute Gasteiger partial charge is 0.237 e. The van der Waals surface area contributed by atoms with Crippen LogP contribution in [-0.2, 0) is 25.9 Å². The van der Waals surface area contributed by atoms with Crippen LogP contribution in [-0.4, -0.2) is 19.6 Å². The third-order valence-corrected chi connectivity index (χ3v) is 4.72. The van der Waals surface area contributed by atoms with Crippen molar-refractivity contribution in [2.75, 3.05) is 0 Å². The lowest BCUT2D eigenvalue weighted by Gasteiger charge is -1.94. The molecule has 2 aromatic heterocycles. The highest BCUT2D eigenvalue weighted by Gasteiger charge is 2.08. The van der Waals surface area contributed by atoms with E-state index in [0.29, 0.717) is 35.5 Å². The van der Waals surface area contributed by atoms with Gasteiger partial charge in [0.15, 0.2) is 0 Å². The normalized spacial score (nSPS) is 12.8. The van der Waals surface area contributed by atoms with Gasteiger partial charge in [-0.15, -0.1) is 9.81 Å². The van der Waals surface area contributed by atoms with Crippen molar-refractivity contribution in [2.24, 2.45) is 20.8 Å². The molecular weight excluding hydrogens is 328 g/mol. The van der Waals surface area contributed by atoms with E-state index in [0.717, 1.165) is 10.0 Å². The summed E-state index contributed by atoms with van der Waals surface area (Å²) in [4.78, 5) is 21.5. The van der Waals surface area contributed by atoms with Crippen LogP contribution in [0.2, 0.25) is 0 Å². The monoisotopic (exact) mass is 342 g/mol. The minimum absolute atomic E-state index is 0.483. The molecule has 10 nitrogen and oxygen atoms in total. The van der Waals surface area contributed by atoms with Gasteiger partial charge in [-0.2, -0.15) is 10.2 Å². The molecule has 2 rings (SSSR count). The van der Waals surface area contributed by atoms with Crippen molar-refractivity contribution in [3.63, 3.8) is 0 Å². The average Bonchev–Trinajstić information content (AvgIpc) is 3.09. The molecule has 0 aliphatic heterocycles. The van der Waals surface area contributed by atoms with Gasteiger partial charge in [0.05, 0.1) is 10.6 Å². The van der Waals surface area contributed by atoms with E-state index in [4.69, 9.17) is 0 Å². The molecule has 2 aromatic rings. The van der Waals surface area contributed by atoms with Gasteiger partial charge in [-0.05, 0) is 13.8 Å². The van der Waals surface area contributed by atoms with Crippen LogP contribution in [0.25, 0.3) is 0 Å². The first-order valence-corrected chi connectivity index (χ1v) is 8.21. The molecule has 0 unspecified atom stereocenters. The molecule has 0 saturated carbocycles. The van der Waals surface area contributed by atoms with E-state index in [-0.39, 0.29) is 0 Å². The Morgan fingerprint density at radius 2 is 1.27 bits per heavy atom. The molecule has 2 heterocycles. The fourth-order valence-corrected chi connectivity index (χ4v) is 3.56. The number of hydrogen-bond donors (Lipinski definition) is 0. The average molecular weight is 342 g/mol. The first-order chi connectivity index (χ1) is 10.7. The van der Waals surface area contributed by atoms with Gasteiger partial charge in [0.2, 0.25) is 9.60 Å². The molecule has 0 bridgehead atoms. The van der Waals surface area contributed by atoms with Crippen LogP contribution >= 0.6 is 22.7 Å². The van der Waals surface area contributed by atoms with Crippen LogP contribution in [0.3, 0.4) is 0 Å². The fourth-order valence-electron chi connectivity index (χ4n) is 1.75. The smallest absolute Gasteiger partial charge is 0.232 e. The van der Waals surface area contributed by atoms with Crippen molar-refractivity contribution < 1.29 is 0 Å². The second kappa shape index (κ2) is 7.79. The predicted molar refractivity (Wildman–Crippen MR) is 81.7 cm³/mol. The van der Waals surface area contributed by atoms with Gasteiger partial charge in [0.25, 0.3) is 0 Å². The molecule has 0 atom stereocenters. The van der Waals surface area contributed by atoms with Gasteiger partial charge < -0.3 is 0 Å². The van der Waals surface area contributed by atoms with Crippen molar-refractivity contribution in [1.82, 2.24) is 19.6 Å². The van der Waals surface area contributed by atoms with Crippen molar-refractivity contribution in [3.05, 3.63) is 29.4 Å². The Balaban J connectivity index is 2.17. The summed E-state index contributed by atoms with van der Waals surface area (Å²) in [6, 6.07) is 0. The molecule has 0 aliphatic rings. The Labute approximate surface area is 132 Å². The number of nitrogens with zero attached hydrogens (tertiary/aromatic N) is 8. The number of aromatic nitrogens is 4. The molecule has 118 valence electrons. The Morgan fingerprint density at radius 1 is 0.864 bits per heavy atom. The van der Waals surface area contributed by atoms with E-state index in [9.17, 15) is 9.81 Å². The molecule has 0 N–H and O–H groups in total. The fraction of sp³-hybridized carbons (Fsp3) is 0.600. The minimum Gasteiger partial charge on any atom is -0.237 e. The molecule has 0 fully saturated rings. The number of aryl methyl sites for hydroxylation is 4. The van der Waals surface area contributed by atoms with Crippen LogP contribution < -0.4 is 9.60 Å². The molecule has 0 aromatic carbocycles. The molecule has 0 spiro atoms. The molecule has 22 heavy (non-hydrogen) atoms. The summed E-state index contributed by atoms with van der Waals surface area (Å²) in [5.74, 6) is 0. The summed E-state index contributed by atoms with van der Waals surface area (Å²) in [5, 5.41) is 22.6. The number of nitroso groups, excluding NO2 is 2. The van der Waals surface area contributed by atoms with Gasteiger partial charge >= 0.3 is 0 Å². The van der Waals surface area contributed by atoms with Crippen LogP contribution in [0.1, 0.15) is 23.9 Å². The molecular formula is C10H14N8O2S2. The Morgan fingerprint density at radius 3 is 1.59 bits per heavy atom. The van der Waals surface area contributed by atoms with Crippen molar-refractivity contribution in [3.8, 4) is 0 Å². The van der Waals surface area contributed by atoms with Gasteiger partial charge in [-0.1, -0.05) is 32.9 Å². The molecule has 0 radical (unpaired) electrons. The Bertz CT molecular complexity index is 717. The lowest BCUT2D eigenvalue weighted by molar-refractivity contribution is 0.605. The highest BCUT2D eigenvalue weighted by molar-refractivity contribution is 7.09. The third kappa shape index (κ3) is 3.76. The van der Waals surface area contributed by atoms with Crippen LogP contribution in [0.5, 0.6) is 0 Å². The van der Waals surface area contributed by atoms with E-state index >= 15 is 0 Å². The quantitative estimate of drug-likeness (QED) is 0.554. The molecule has 0 amide bonds. The van der Waals surface area contributed by atoms with E-state index in [2.05, 4.69) is 31.0 Å². The van der Waals surface area contributed by atoms with Crippen LogP contribution in [0, 0.1) is 9.81 Å². The van der Waals surface area contributed by atoms with Gasteiger partial charge in [-0.3, -0.25) is 0 Å². The number of rotatable bonds is 7. The number of hydrogen-bond acceptors (Lipinski definition) is 8. The first kappa shape index (κ1) is 16.3. The summed E-state index contributed by atoms with van der Waals surface area (Å²) in [6.07, 6.45) is 1.31. The third-order valence-electron chi connectivity index (χ3n) is 2.73. The van der Waals surface area contributed by atoms with Crippen LogP contribution in [0.4, 0.5) is 0 Å². The van der Waals surface area contributed by atoms with E-state index < -0.39 is 0 Å². The maximum Gasteiger partial charge on any atom is 0.232 e. The standard InChI is InChI=1S/C10H14N8O2S2/c1-3-17-9(11-15-19)21-7(13-17)5-6-8-14-18(4-2)10(22-8)12-16-20/h3-6H2,1-2H3/b11-9-,12-10+. The zero-order chi connectivity index (χ0) is 15.9. The molecule has 0 aliphatic carbocycles. The topological polar surface area (TPSA) is 119 Å². The SMILES string of the molecule is CCn1nc(CCc2nn(CC)/c(=N\N=O)s2)s/c1=N\N=O. The lowest BCUT2D eigenvalue weighted by atomic mass is 10.3. The van der Waals surface area contributed by atoms with E-state index in [1.807, 2.05) is 13.8 Å². The molecule has 12 heteroatoms. The van der Waals surface area contributed by atoms with Crippen molar-refractivity contribution in [1.29, 1.82) is 0 Å². The summed E-state index contributed by atoms with van der Waals surface area (Å²) in [6.45, 7) is 5.06.